The SMILES string of the molecule is CCC1CC(C(=O)O)C(C(=O)NCCCN(CC)CC)C1. The number of amides is 1. The average Bonchev–Trinajstić information content (AvgIpc) is 2.92. The Balaban J connectivity index is 2.38. The van der Waals surface area contributed by atoms with Crippen LogP contribution in [0.25, 0.3) is 0 Å². The summed E-state index contributed by atoms with van der Waals surface area (Å²) < 4.78 is 0. The van der Waals surface area contributed by atoms with Gasteiger partial charge in [0.25, 0.3) is 0 Å². The average molecular weight is 298 g/mol. The Bertz CT molecular complexity index is 342. The lowest BCUT2D eigenvalue weighted by Gasteiger charge is -2.19. The molecule has 3 unspecified atom stereocenters. The van der Waals surface area contributed by atoms with E-state index in [9.17, 15) is 14.7 Å². The highest BCUT2D eigenvalue weighted by atomic mass is 16.4. The quantitative estimate of drug-likeness (QED) is 0.639. The second-order valence-electron chi connectivity index (χ2n) is 5.97. The van der Waals surface area contributed by atoms with Crippen LogP contribution in [0, 0.1) is 17.8 Å². The molecule has 0 bridgehead atoms. The van der Waals surface area contributed by atoms with Gasteiger partial charge in [-0.25, -0.2) is 0 Å². The Morgan fingerprint density at radius 2 is 1.76 bits per heavy atom. The summed E-state index contributed by atoms with van der Waals surface area (Å²) in [6, 6.07) is 0. The Kier molecular flexibility index (Phi) is 7.72. The molecule has 5 heteroatoms. The molecule has 1 amide bonds. The molecule has 0 saturated heterocycles. The van der Waals surface area contributed by atoms with Crippen LogP contribution in [-0.4, -0.2) is 48.1 Å². The van der Waals surface area contributed by atoms with Gasteiger partial charge in [0.05, 0.1) is 11.8 Å². The number of carbonyl (C=O) groups excluding carboxylic acids is 1. The number of nitrogens with zero attached hydrogens (tertiary/aromatic N) is 1. The second-order valence-corrected chi connectivity index (χ2v) is 5.97. The van der Waals surface area contributed by atoms with E-state index in [2.05, 4.69) is 31.0 Å². The third-order valence-electron chi connectivity index (χ3n) is 4.74. The fraction of sp³-hybridized carbons (Fsp3) is 0.875. The molecule has 1 fully saturated rings. The maximum Gasteiger partial charge on any atom is 0.307 e. The number of nitrogens with one attached hydrogen (secondary N) is 1. The fourth-order valence-electron chi connectivity index (χ4n) is 3.22. The first-order valence-corrected chi connectivity index (χ1v) is 8.26. The first-order chi connectivity index (χ1) is 10.0. The van der Waals surface area contributed by atoms with Gasteiger partial charge >= 0.3 is 5.97 Å². The van der Waals surface area contributed by atoms with Gasteiger partial charge in [-0.15, -0.1) is 0 Å². The lowest BCUT2D eigenvalue weighted by atomic mass is 9.95. The monoisotopic (exact) mass is 298 g/mol. The Labute approximate surface area is 128 Å². The van der Waals surface area contributed by atoms with E-state index >= 15 is 0 Å². The number of carboxylic acids is 1. The topological polar surface area (TPSA) is 69.6 Å². The van der Waals surface area contributed by atoms with Crippen molar-refractivity contribution in [1.29, 1.82) is 0 Å². The van der Waals surface area contributed by atoms with E-state index in [0.29, 0.717) is 18.9 Å². The van der Waals surface area contributed by atoms with E-state index in [1.165, 1.54) is 0 Å². The number of carbonyl (C=O) groups is 2. The molecule has 2 N–H and O–H groups in total. The molecule has 5 nitrogen and oxygen atoms in total. The summed E-state index contributed by atoms with van der Waals surface area (Å²) >= 11 is 0. The highest BCUT2D eigenvalue weighted by molar-refractivity contribution is 5.85. The van der Waals surface area contributed by atoms with Crippen molar-refractivity contribution in [2.45, 2.75) is 46.5 Å². The van der Waals surface area contributed by atoms with Crippen molar-refractivity contribution in [2.75, 3.05) is 26.2 Å². The van der Waals surface area contributed by atoms with Crippen molar-refractivity contribution in [3.05, 3.63) is 0 Å². The van der Waals surface area contributed by atoms with Gasteiger partial charge in [0, 0.05) is 6.54 Å². The minimum atomic E-state index is -0.825. The van der Waals surface area contributed by atoms with Crippen LogP contribution in [-0.2, 0) is 9.59 Å². The highest BCUT2D eigenvalue weighted by Crippen LogP contribution is 2.38. The van der Waals surface area contributed by atoms with Gasteiger partial charge < -0.3 is 15.3 Å². The fourth-order valence-corrected chi connectivity index (χ4v) is 3.22. The Morgan fingerprint density at radius 3 is 2.29 bits per heavy atom. The first kappa shape index (κ1) is 18.0. The summed E-state index contributed by atoms with van der Waals surface area (Å²) in [5.41, 5.74) is 0. The molecule has 1 aliphatic carbocycles. The number of aliphatic carboxylic acids is 1. The summed E-state index contributed by atoms with van der Waals surface area (Å²) in [6.45, 7) is 9.96. The summed E-state index contributed by atoms with van der Waals surface area (Å²) in [5, 5.41) is 12.2. The van der Waals surface area contributed by atoms with Crippen molar-refractivity contribution in [1.82, 2.24) is 10.2 Å². The van der Waals surface area contributed by atoms with Crippen molar-refractivity contribution in [2.24, 2.45) is 17.8 Å². The zero-order valence-corrected chi connectivity index (χ0v) is 13.6. The van der Waals surface area contributed by atoms with E-state index in [1.807, 2.05) is 0 Å². The second kappa shape index (κ2) is 9.03. The van der Waals surface area contributed by atoms with Crippen molar-refractivity contribution < 1.29 is 14.7 Å². The minimum absolute atomic E-state index is 0.0714. The highest BCUT2D eigenvalue weighted by Gasteiger charge is 2.41. The molecule has 0 aromatic rings. The van der Waals surface area contributed by atoms with Gasteiger partial charge in [-0.3, -0.25) is 9.59 Å². The van der Waals surface area contributed by atoms with E-state index < -0.39 is 11.9 Å². The van der Waals surface area contributed by atoms with Crippen LogP contribution in [0.1, 0.15) is 46.5 Å². The molecule has 122 valence electrons. The van der Waals surface area contributed by atoms with Gasteiger partial charge in [-0.05, 0) is 44.8 Å². The van der Waals surface area contributed by atoms with E-state index in [4.69, 9.17) is 0 Å². The predicted octanol–water partition coefficient (Wildman–Crippen LogP) is 1.97. The number of hydrogen-bond acceptors (Lipinski definition) is 3. The molecule has 1 aliphatic rings. The van der Waals surface area contributed by atoms with Crippen LogP contribution < -0.4 is 5.32 Å². The van der Waals surface area contributed by atoms with Gasteiger partial charge in [-0.1, -0.05) is 27.2 Å². The number of rotatable bonds is 9. The van der Waals surface area contributed by atoms with Crippen molar-refractivity contribution >= 4 is 11.9 Å². The smallest absolute Gasteiger partial charge is 0.307 e. The van der Waals surface area contributed by atoms with Crippen molar-refractivity contribution in [3.8, 4) is 0 Å². The number of hydrogen-bond donors (Lipinski definition) is 2. The number of carboxylic acid groups (broad SMARTS) is 1. The predicted molar refractivity (Wildman–Crippen MR) is 83.0 cm³/mol. The third kappa shape index (κ3) is 5.30. The van der Waals surface area contributed by atoms with Gasteiger partial charge in [0.15, 0.2) is 0 Å². The molecule has 1 saturated carbocycles. The van der Waals surface area contributed by atoms with Crippen LogP contribution in [0.4, 0.5) is 0 Å². The third-order valence-corrected chi connectivity index (χ3v) is 4.74. The van der Waals surface area contributed by atoms with Crippen LogP contribution in [0.5, 0.6) is 0 Å². The molecule has 0 aliphatic heterocycles. The first-order valence-electron chi connectivity index (χ1n) is 8.26. The van der Waals surface area contributed by atoms with Gasteiger partial charge in [0.2, 0.25) is 5.91 Å². The van der Waals surface area contributed by atoms with Gasteiger partial charge in [0.1, 0.15) is 0 Å². The molecular weight excluding hydrogens is 268 g/mol. The molecule has 0 heterocycles. The molecule has 3 atom stereocenters. The summed E-state index contributed by atoms with van der Waals surface area (Å²) in [5.74, 6) is -1.37. The normalized spacial score (nSPS) is 25.2. The van der Waals surface area contributed by atoms with Gasteiger partial charge in [-0.2, -0.15) is 0 Å². The molecule has 0 aromatic heterocycles. The lowest BCUT2D eigenvalue weighted by molar-refractivity contribution is -0.146. The Morgan fingerprint density at radius 1 is 1.14 bits per heavy atom. The molecule has 1 rings (SSSR count). The maximum atomic E-state index is 12.2. The Hall–Kier alpha value is -1.10. The standard InChI is InChI=1S/C16H30N2O3/c1-4-12-10-13(14(11-12)16(20)21)15(19)17-8-7-9-18(5-2)6-3/h12-14H,4-11H2,1-3H3,(H,17,19)(H,20,21). The summed E-state index contributed by atoms with van der Waals surface area (Å²) in [7, 11) is 0. The van der Waals surface area contributed by atoms with E-state index in [1.54, 1.807) is 0 Å². The van der Waals surface area contributed by atoms with Crippen LogP contribution >= 0.6 is 0 Å². The summed E-state index contributed by atoms with van der Waals surface area (Å²) in [6.07, 6.45) is 3.23. The van der Waals surface area contributed by atoms with E-state index in [0.717, 1.165) is 38.9 Å². The largest absolute Gasteiger partial charge is 0.481 e. The summed E-state index contributed by atoms with van der Waals surface area (Å²) in [4.78, 5) is 25.8. The maximum absolute atomic E-state index is 12.2. The lowest BCUT2D eigenvalue weighted by Crippen LogP contribution is -2.37. The van der Waals surface area contributed by atoms with Crippen LogP contribution in [0.3, 0.4) is 0 Å². The van der Waals surface area contributed by atoms with Crippen molar-refractivity contribution in [3.63, 3.8) is 0 Å². The molecular formula is C16H30N2O3. The minimum Gasteiger partial charge on any atom is -0.481 e. The zero-order chi connectivity index (χ0) is 15.8. The molecule has 0 spiro atoms. The molecule has 21 heavy (non-hydrogen) atoms. The molecule has 0 radical (unpaired) electrons. The van der Waals surface area contributed by atoms with Crippen LogP contribution in [0.2, 0.25) is 0 Å². The van der Waals surface area contributed by atoms with Crippen LogP contribution in [0.15, 0.2) is 0 Å². The molecule has 0 aromatic carbocycles. The zero-order valence-electron chi connectivity index (χ0n) is 13.6. The van der Waals surface area contributed by atoms with E-state index in [-0.39, 0.29) is 11.8 Å².